The number of amides is 1. The molecule has 0 saturated heterocycles. The largest absolute Gasteiger partial charge is 0.522 e. The van der Waals surface area contributed by atoms with Crippen molar-refractivity contribution in [2.75, 3.05) is 0 Å². The monoisotopic (exact) mass is 403 g/mol. The van der Waals surface area contributed by atoms with Gasteiger partial charge in [-0.05, 0) is 34.8 Å². The van der Waals surface area contributed by atoms with E-state index in [1.165, 1.54) is 16.8 Å². The van der Waals surface area contributed by atoms with Gasteiger partial charge in [0, 0.05) is 12.2 Å². The van der Waals surface area contributed by atoms with Crippen LogP contribution in [-0.4, -0.2) is 39.0 Å². The van der Waals surface area contributed by atoms with Gasteiger partial charge in [-0.2, -0.15) is 10.4 Å². The van der Waals surface area contributed by atoms with Gasteiger partial charge in [0.1, 0.15) is 21.9 Å². The Morgan fingerprint density at radius 3 is 2.83 bits per heavy atom. The van der Waals surface area contributed by atoms with E-state index < -0.39 is 24.4 Å². The molecule has 0 bridgehead atoms. The third-order valence-electron chi connectivity index (χ3n) is 3.55. The van der Waals surface area contributed by atoms with Gasteiger partial charge in [0.05, 0.1) is 6.10 Å². The Morgan fingerprint density at radius 1 is 1.50 bits per heavy atom. The highest BCUT2D eigenvalue weighted by Crippen LogP contribution is 2.30. The predicted molar refractivity (Wildman–Crippen MR) is 76.8 cm³/mol. The smallest absolute Gasteiger partial charge is 0.348 e. The Bertz CT molecular complexity index is 838. The lowest BCUT2D eigenvalue weighted by Crippen LogP contribution is -2.49. The van der Waals surface area contributed by atoms with Crippen molar-refractivity contribution in [3.8, 4) is 6.07 Å². The third kappa shape index (κ3) is 3.20. The van der Waals surface area contributed by atoms with Gasteiger partial charge >= 0.3 is 6.36 Å². The minimum absolute atomic E-state index is 0.0751. The van der Waals surface area contributed by atoms with Crippen LogP contribution >= 0.6 is 15.9 Å². The number of aromatic nitrogens is 3. The fraction of sp³-hybridized carbons (Fsp3) is 0.385. The maximum absolute atomic E-state index is 12.3. The fourth-order valence-corrected chi connectivity index (χ4v) is 2.84. The maximum atomic E-state index is 12.3. The standard InChI is InChI=1S/C13H9BrF3N5O2/c14-10-8(5-18)11-19-2-1-9(22(11)21-10)12(23)20-6-3-7(4-6)24-13(15,16)17/h1-2,6-7H,3-4H2,(H,20,23). The van der Waals surface area contributed by atoms with E-state index in [4.69, 9.17) is 5.26 Å². The highest BCUT2D eigenvalue weighted by atomic mass is 79.9. The molecule has 1 aliphatic rings. The molecule has 0 aliphatic heterocycles. The lowest BCUT2D eigenvalue weighted by Gasteiger charge is -2.35. The van der Waals surface area contributed by atoms with E-state index in [2.05, 4.69) is 36.1 Å². The first-order chi connectivity index (χ1) is 11.3. The number of alkyl halides is 3. The van der Waals surface area contributed by atoms with E-state index >= 15 is 0 Å². The first-order valence-electron chi connectivity index (χ1n) is 6.77. The van der Waals surface area contributed by atoms with E-state index in [1.54, 1.807) is 0 Å². The molecule has 126 valence electrons. The molecule has 0 radical (unpaired) electrons. The van der Waals surface area contributed by atoms with Crippen LogP contribution in [0.2, 0.25) is 0 Å². The predicted octanol–water partition coefficient (Wildman–Crippen LogP) is 2.16. The molecule has 2 aromatic heterocycles. The Labute approximate surface area is 141 Å². The number of carbonyl (C=O) groups excluding carboxylic acids is 1. The molecule has 24 heavy (non-hydrogen) atoms. The minimum atomic E-state index is -4.67. The van der Waals surface area contributed by atoms with Gasteiger partial charge < -0.3 is 5.32 Å². The molecule has 2 heterocycles. The summed E-state index contributed by atoms with van der Waals surface area (Å²) in [7, 11) is 0. The molecule has 1 N–H and O–H groups in total. The molecule has 0 aromatic carbocycles. The van der Waals surface area contributed by atoms with E-state index in [9.17, 15) is 18.0 Å². The zero-order chi connectivity index (χ0) is 17.5. The van der Waals surface area contributed by atoms with E-state index in [-0.39, 0.29) is 34.3 Å². The van der Waals surface area contributed by atoms with Crippen molar-refractivity contribution in [1.29, 1.82) is 5.26 Å². The van der Waals surface area contributed by atoms with Gasteiger partial charge in [-0.25, -0.2) is 9.50 Å². The summed E-state index contributed by atoms with van der Waals surface area (Å²) in [5.74, 6) is -0.516. The SMILES string of the molecule is N#Cc1c(Br)nn2c(C(=O)NC3CC(OC(F)(F)F)C3)ccnc12. The second kappa shape index (κ2) is 6.03. The van der Waals surface area contributed by atoms with Crippen LogP contribution in [0.15, 0.2) is 16.9 Å². The van der Waals surface area contributed by atoms with Crippen LogP contribution in [0, 0.1) is 11.3 Å². The molecule has 0 atom stereocenters. The van der Waals surface area contributed by atoms with Gasteiger partial charge in [-0.3, -0.25) is 9.53 Å². The summed E-state index contributed by atoms with van der Waals surface area (Å²) >= 11 is 3.12. The number of hydrogen-bond acceptors (Lipinski definition) is 5. The number of nitrogens with zero attached hydrogens (tertiary/aromatic N) is 4. The fourth-order valence-electron chi connectivity index (χ4n) is 2.42. The van der Waals surface area contributed by atoms with Crippen LogP contribution in [0.3, 0.4) is 0 Å². The number of hydrogen-bond donors (Lipinski definition) is 1. The topological polar surface area (TPSA) is 92.3 Å². The van der Waals surface area contributed by atoms with Gasteiger partial charge in [-0.15, -0.1) is 13.2 Å². The van der Waals surface area contributed by atoms with Crippen molar-refractivity contribution in [3.05, 3.63) is 28.1 Å². The summed E-state index contributed by atoms with van der Waals surface area (Å²) < 4.78 is 41.5. The zero-order valence-electron chi connectivity index (χ0n) is 11.8. The molecule has 3 rings (SSSR count). The molecule has 2 aromatic rings. The van der Waals surface area contributed by atoms with Crippen molar-refractivity contribution < 1.29 is 22.7 Å². The molecular weight excluding hydrogens is 395 g/mol. The van der Waals surface area contributed by atoms with E-state index in [0.717, 1.165) is 0 Å². The number of nitriles is 1. The molecule has 7 nitrogen and oxygen atoms in total. The van der Waals surface area contributed by atoms with Crippen LogP contribution in [0.1, 0.15) is 28.9 Å². The van der Waals surface area contributed by atoms with Crippen LogP contribution in [0.25, 0.3) is 5.65 Å². The molecular formula is C13H9BrF3N5O2. The lowest BCUT2D eigenvalue weighted by molar-refractivity contribution is -0.351. The summed E-state index contributed by atoms with van der Waals surface area (Å²) in [5, 5.41) is 15.7. The Balaban J connectivity index is 1.71. The number of halogens is 4. The summed E-state index contributed by atoms with van der Waals surface area (Å²) in [6.07, 6.45) is -4.12. The van der Waals surface area contributed by atoms with Crippen LogP contribution in [0.5, 0.6) is 0 Å². The third-order valence-corrected chi connectivity index (χ3v) is 4.11. The van der Waals surface area contributed by atoms with Gasteiger partial charge in [-0.1, -0.05) is 0 Å². The molecule has 0 unspecified atom stereocenters. The molecule has 1 saturated carbocycles. The molecule has 11 heteroatoms. The summed E-state index contributed by atoms with van der Waals surface area (Å²) in [6.45, 7) is 0. The molecule has 1 amide bonds. The normalized spacial score (nSPS) is 20.5. The van der Waals surface area contributed by atoms with Gasteiger partial charge in [0.15, 0.2) is 5.65 Å². The zero-order valence-corrected chi connectivity index (χ0v) is 13.4. The molecule has 1 aliphatic carbocycles. The first-order valence-corrected chi connectivity index (χ1v) is 7.56. The van der Waals surface area contributed by atoms with E-state index in [0.29, 0.717) is 0 Å². The number of ether oxygens (including phenoxy) is 1. The first kappa shape index (κ1) is 16.7. The van der Waals surface area contributed by atoms with Crippen molar-refractivity contribution in [1.82, 2.24) is 19.9 Å². The van der Waals surface area contributed by atoms with E-state index in [1.807, 2.05) is 6.07 Å². The summed E-state index contributed by atoms with van der Waals surface area (Å²) in [6, 6.07) is 2.92. The number of carbonyl (C=O) groups is 1. The quantitative estimate of drug-likeness (QED) is 0.847. The van der Waals surface area contributed by atoms with Crippen LogP contribution in [0.4, 0.5) is 13.2 Å². The average Bonchev–Trinajstić information content (AvgIpc) is 2.78. The highest BCUT2D eigenvalue weighted by molar-refractivity contribution is 9.10. The molecule has 0 spiro atoms. The van der Waals surface area contributed by atoms with Crippen LogP contribution < -0.4 is 5.32 Å². The average molecular weight is 404 g/mol. The van der Waals surface area contributed by atoms with Crippen molar-refractivity contribution in [2.24, 2.45) is 0 Å². The number of nitrogens with one attached hydrogen (secondary N) is 1. The Morgan fingerprint density at radius 2 is 2.21 bits per heavy atom. The Kier molecular flexibility index (Phi) is 4.18. The lowest BCUT2D eigenvalue weighted by atomic mass is 9.89. The van der Waals surface area contributed by atoms with Crippen molar-refractivity contribution >= 4 is 27.5 Å². The van der Waals surface area contributed by atoms with Crippen molar-refractivity contribution in [3.63, 3.8) is 0 Å². The maximum Gasteiger partial charge on any atom is 0.522 e. The summed E-state index contributed by atoms with van der Waals surface area (Å²) in [5.41, 5.74) is 0.526. The van der Waals surface area contributed by atoms with Gasteiger partial charge in [0.25, 0.3) is 5.91 Å². The minimum Gasteiger partial charge on any atom is -0.348 e. The summed E-state index contributed by atoms with van der Waals surface area (Å²) in [4.78, 5) is 16.3. The van der Waals surface area contributed by atoms with Crippen LogP contribution in [-0.2, 0) is 4.74 Å². The van der Waals surface area contributed by atoms with Crippen molar-refractivity contribution in [2.45, 2.75) is 31.3 Å². The second-order valence-electron chi connectivity index (χ2n) is 5.17. The number of fused-ring (bicyclic) bond motifs is 1. The second-order valence-corrected chi connectivity index (χ2v) is 5.92. The highest BCUT2D eigenvalue weighted by Gasteiger charge is 2.40. The molecule has 1 fully saturated rings. The number of rotatable bonds is 3. The van der Waals surface area contributed by atoms with Gasteiger partial charge in [0.2, 0.25) is 0 Å². The Hall–Kier alpha value is -2.19.